The molecule has 0 saturated heterocycles. The smallest absolute Gasteiger partial charge is 0.0314 e. The van der Waals surface area contributed by atoms with Crippen LogP contribution in [0.25, 0.3) is 11.6 Å². The van der Waals surface area contributed by atoms with Crippen LogP contribution in [0.15, 0.2) is 42.5 Å². The van der Waals surface area contributed by atoms with E-state index >= 15 is 0 Å². The Morgan fingerprint density at radius 2 is 1.46 bits per heavy atom. The molecule has 1 aliphatic rings. The fourth-order valence-corrected chi connectivity index (χ4v) is 3.78. The van der Waals surface area contributed by atoms with E-state index in [0.29, 0.717) is 0 Å². The maximum absolute atomic E-state index is 5.79. The fourth-order valence-electron chi connectivity index (χ4n) is 3.78. The lowest BCUT2D eigenvalue weighted by molar-refractivity contribution is 0.332. The van der Waals surface area contributed by atoms with Crippen molar-refractivity contribution in [3.8, 4) is 0 Å². The SMILES string of the molecule is C/C(=C\c1ccc2c(c1)C(C)(C)CCC2(C)C)c1ccc(N)cc1. The highest BCUT2D eigenvalue weighted by molar-refractivity contribution is 5.81. The molecule has 0 spiro atoms. The van der Waals surface area contributed by atoms with E-state index < -0.39 is 0 Å². The molecule has 0 bridgehead atoms. The quantitative estimate of drug-likeness (QED) is 0.519. The van der Waals surface area contributed by atoms with Crippen LogP contribution in [0.3, 0.4) is 0 Å². The number of fused-ring (bicyclic) bond motifs is 1. The molecule has 24 heavy (non-hydrogen) atoms. The number of hydrogen-bond donors (Lipinski definition) is 1. The number of benzene rings is 2. The molecule has 0 unspecified atom stereocenters. The lowest BCUT2D eigenvalue weighted by Crippen LogP contribution is -2.33. The second kappa shape index (κ2) is 5.81. The molecule has 0 aliphatic heterocycles. The van der Waals surface area contributed by atoms with Crippen molar-refractivity contribution in [2.75, 3.05) is 5.73 Å². The van der Waals surface area contributed by atoms with Gasteiger partial charge in [-0.15, -0.1) is 0 Å². The normalized spacial score (nSPS) is 19.0. The van der Waals surface area contributed by atoms with Crippen LogP contribution >= 0.6 is 0 Å². The first-order valence-corrected chi connectivity index (χ1v) is 8.88. The predicted octanol–water partition coefficient (Wildman–Crippen LogP) is 6.18. The summed E-state index contributed by atoms with van der Waals surface area (Å²) in [5.74, 6) is 0. The number of nitrogens with two attached hydrogens (primary N) is 1. The molecule has 0 atom stereocenters. The predicted molar refractivity (Wildman–Crippen MR) is 106 cm³/mol. The summed E-state index contributed by atoms with van der Waals surface area (Å²) >= 11 is 0. The first kappa shape index (κ1) is 16.8. The van der Waals surface area contributed by atoms with Crippen LogP contribution in [0.4, 0.5) is 5.69 Å². The molecule has 0 amide bonds. The van der Waals surface area contributed by atoms with Gasteiger partial charge in [0.1, 0.15) is 0 Å². The van der Waals surface area contributed by atoms with Crippen molar-refractivity contribution in [3.63, 3.8) is 0 Å². The van der Waals surface area contributed by atoms with Crippen LogP contribution < -0.4 is 5.73 Å². The largest absolute Gasteiger partial charge is 0.399 e. The Labute approximate surface area is 146 Å². The summed E-state index contributed by atoms with van der Waals surface area (Å²) in [5.41, 5.74) is 13.9. The molecule has 2 aromatic rings. The molecule has 2 aromatic carbocycles. The van der Waals surface area contributed by atoms with Crippen LogP contribution in [0.2, 0.25) is 0 Å². The van der Waals surface area contributed by atoms with Gasteiger partial charge in [-0.2, -0.15) is 0 Å². The summed E-state index contributed by atoms with van der Waals surface area (Å²) in [7, 11) is 0. The number of hydrogen-bond acceptors (Lipinski definition) is 1. The monoisotopic (exact) mass is 319 g/mol. The molecular weight excluding hydrogens is 290 g/mol. The third-order valence-corrected chi connectivity index (χ3v) is 5.63. The Morgan fingerprint density at radius 1 is 0.875 bits per heavy atom. The first-order valence-electron chi connectivity index (χ1n) is 8.88. The topological polar surface area (TPSA) is 26.0 Å². The third kappa shape index (κ3) is 3.13. The summed E-state index contributed by atoms with van der Waals surface area (Å²) < 4.78 is 0. The van der Waals surface area contributed by atoms with Crippen molar-refractivity contribution in [1.29, 1.82) is 0 Å². The van der Waals surface area contributed by atoms with Crippen LogP contribution in [0.5, 0.6) is 0 Å². The highest BCUT2D eigenvalue weighted by Gasteiger charge is 2.36. The molecule has 2 N–H and O–H groups in total. The number of nitrogen functional groups attached to an aromatic ring is 1. The molecule has 1 heteroatoms. The van der Waals surface area contributed by atoms with E-state index in [4.69, 9.17) is 5.73 Å². The van der Waals surface area contributed by atoms with Crippen LogP contribution in [-0.2, 0) is 10.8 Å². The third-order valence-electron chi connectivity index (χ3n) is 5.63. The van der Waals surface area contributed by atoms with Gasteiger partial charge in [0.05, 0.1) is 0 Å². The highest BCUT2D eigenvalue weighted by atomic mass is 14.5. The minimum Gasteiger partial charge on any atom is -0.399 e. The molecule has 0 heterocycles. The molecule has 1 aliphatic carbocycles. The number of allylic oxidation sites excluding steroid dienone is 1. The molecule has 0 aromatic heterocycles. The first-order chi connectivity index (χ1) is 11.2. The van der Waals surface area contributed by atoms with Gasteiger partial charge in [0, 0.05) is 5.69 Å². The van der Waals surface area contributed by atoms with Gasteiger partial charge < -0.3 is 5.73 Å². The Bertz CT molecular complexity index is 776. The second-order valence-electron chi connectivity index (χ2n) is 8.52. The molecule has 1 nitrogen and oxygen atoms in total. The number of rotatable bonds is 2. The standard InChI is InChI=1S/C23H29N/c1-16(18-7-9-19(24)10-8-18)14-17-6-11-20-21(15-17)23(4,5)13-12-22(20,2)3/h6-11,14-15H,12-13,24H2,1-5H3/b16-14+. The van der Waals surface area contributed by atoms with Crippen LogP contribution in [-0.4, -0.2) is 0 Å². The minimum atomic E-state index is 0.254. The van der Waals surface area contributed by atoms with E-state index in [-0.39, 0.29) is 10.8 Å². The zero-order valence-corrected chi connectivity index (χ0v) is 15.6. The molecule has 0 radical (unpaired) electrons. The van der Waals surface area contributed by atoms with Gasteiger partial charge in [-0.3, -0.25) is 0 Å². The highest BCUT2D eigenvalue weighted by Crippen LogP contribution is 2.46. The van der Waals surface area contributed by atoms with E-state index in [2.05, 4.69) is 71.0 Å². The average Bonchev–Trinajstić information content (AvgIpc) is 2.52. The zero-order valence-electron chi connectivity index (χ0n) is 15.6. The lowest BCUT2D eigenvalue weighted by Gasteiger charge is -2.42. The van der Waals surface area contributed by atoms with Gasteiger partial charge in [-0.25, -0.2) is 0 Å². The lowest BCUT2D eigenvalue weighted by atomic mass is 9.63. The summed E-state index contributed by atoms with van der Waals surface area (Å²) in [5, 5.41) is 0. The Kier molecular flexibility index (Phi) is 4.07. The van der Waals surface area contributed by atoms with Crippen molar-refractivity contribution >= 4 is 17.3 Å². The zero-order chi connectivity index (χ0) is 17.5. The van der Waals surface area contributed by atoms with E-state index in [1.165, 1.54) is 40.7 Å². The minimum absolute atomic E-state index is 0.254. The van der Waals surface area contributed by atoms with E-state index in [0.717, 1.165) is 5.69 Å². The van der Waals surface area contributed by atoms with E-state index in [9.17, 15) is 0 Å². The molecule has 126 valence electrons. The average molecular weight is 319 g/mol. The van der Waals surface area contributed by atoms with Crippen LogP contribution in [0.1, 0.15) is 69.7 Å². The van der Waals surface area contributed by atoms with Gasteiger partial charge in [0.15, 0.2) is 0 Å². The Hall–Kier alpha value is -2.02. The van der Waals surface area contributed by atoms with Crippen molar-refractivity contribution in [3.05, 3.63) is 64.7 Å². The maximum Gasteiger partial charge on any atom is 0.0314 e. The van der Waals surface area contributed by atoms with Gasteiger partial charge in [0.25, 0.3) is 0 Å². The van der Waals surface area contributed by atoms with Gasteiger partial charge in [0.2, 0.25) is 0 Å². The second-order valence-corrected chi connectivity index (χ2v) is 8.52. The summed E-state index contributed by atoms with van der Waals surface area (Å²) in [6.07, 6.45) is 4.78. The van der Waals surface area contributed by atoms with Crippen molar-refractivity contribution in [1.82, 2.24) is 0 Å². The van der Waals surface area contributed by atoms with Crippen molar-refractivity contribution in [2.45, 2.75) is 58.3 Å². The molecule has 3 rings (SSSR count). The van der Waals surface area contributed by atoms with Gasteiger partial charge in [-0.1, -0.05) is 64.1 Å². The molecular formula is C23H29N. The maximum atomic E-state index is 5.79. The van der Waals surface area contributed by atoms with Gasteiger partial charge >= 0.3 is 0 Å². The van der Waals surface area contributed by atoms with E-state index in [1.807, 2.05) is 12.1 Å². The Balaban J connectivity index is 2.02. The molecule has 0 saturated carbocycles. The number of anilines is 1. The van der Waals surface area contributed by atoms with E-state index in [1.54, 1.807) is 0 Å². The van der Waals surface area contributed by atoms with Crippen molar-refractivity contribution < 1.29 is 0 Å². The van der Waals surface area contributed by atoms with Crippen LogP contribution in [0, 0.1) is 0 Å². The van der Waals surface area contributed by atoms with Gasteiger partial charge in [-0.05, 0) is 70.6 Å². The fraction of sp³-hybridized carbons (Fsp3) is 0.391. The van der Waals surface area contributed by atoms with Crippen molar-refractivity contribution in [2.24, 2.45) is 0 Å². The Morgan fingerprint density at radius 3 is 2.08 bits per heavy atom. The summed E-state index contributed by atoms with van der Waals surface area (Å²) in [6, 6.07) is 15.1. The summed E-state index contributed by atoms with van der Waals surface area (Å²) in [4.78, 5) is 0. The molecule has 0 fully saturated rings. The summed E-state index contributed by atoms with van der Waals surface area (Å²) in [6.45, 7) is 11.7.